The lowest BCUT2D eigenvalue weighted by molar-refractivity contribution is -0.116. The molecule has 0 unspecified atom stereocenters. The summed E-state index contributed by atoms with van der Waals surface area (Å²) < 4.78 is 29.1. The number of fused-ring (bicyclic) bond motifs is 1. The van der Waals surface area contributed by atoms with Crippen molar-refractivity contribution in [2.75, 3.05) is 18.4 Å². The van der Waals surface area contributed by atoms with Crippen molar-refractivity contribution in [1.29, 1.82) is 0 Å². The summed E-state index contributed by atoms with van der Waals surface area (Å²) in [6.45, 7) is 5.04. The van der Waals surface area contributed by atoms with Gasteiger partial charge in [-0.25, -0.2) is 8.42 Å². The Kier molecular flexibility index (Phi) is 6.67. The summed E-state index contributed by atoms with van der Waals surface area (Å²) >= 11 is 0. The fourth-order valence-corrected chi connectivity index (χ4v) is 5.70. The molecule has 3 aromatic rings. The smallest absolute Gasteiger partial charge is 0.251 e. The zero-order valence-electron chi connectivity index (χ0n) is 19.0. The number of pyridine rings is 1. The van der Waals surface area contributed by atoms with Gasteiger partial charge in [0.05, 0.1) is 10.4 Å². The number of rotatable bonds is 6. The van der Waals surface area contributed by atoms with E-state index in [4.69, 9.17) is 0 Å². The van der Waals surface area contributed by atoms with Crippen LogP contribution in [0.25, 0.3) is 10.9 Å². The van der Waals surface area contributed by atoms with Crippen LogP contribution in [0, 0.1) is 5.92 Å². The Balaban J connectivity index is 1.60. The first-order valence-corrected chi connectivity index (χ1v) is 12.7. The number of nitrogens with zero attached hydrogens (tertiary/aromatic N) is 2. The van der Waals surface area contributed by atoms with Crippen molar-refractivity contribution < 1.29 is 13.2 Å². The lowest BCUT2D eigenvalue weighted by Gasteiger charge is -2.29. The minimum Gasteiger partial charge on any atom is -0.325 e. The normalized spacial score (nSPS) is 15.6. The van der Waals surface area contributed by atoms with Crippen molar-refractivity contribution in [3.63, 3.8) is 0 Å². The molecule has 0 saturated carbocycles. The van der Waals surface area contributed by atoms with E-state index in [-0.39, 0.29) is 22.9 Å². The van der Waals surface area contributed by atoms with Gasteiger partial charge in [0.15, 0.2) is 0 Å². The average molecular weight is 468 g/mol. The molecule has 0 radical (unpaired) electrons. The van der Waals surface area contributed by atoms with Gasteiger partial charge >= 0.3 is 0 Å². The maximum atomic E-state index is 13.1. The molecule has 1 saturated heterocycles. The van der Waals surface area contributed by atoms with Crippen LogP contribution in [0.1, 0.15) is 32.3 Å². The molecule has 2 aromatic carbocycles. The van der Waals surface area contributed by atoms with Crippen molar-refractivity contribution in [3.05, 3.63) is 70.5 Å². The van der Waals surface area contributed by atoms with Crippen LogP contribution in [0.2, 0.25) is 0 Å². The molecule has 33 heavy (non-hydrogen) atoms. The number of carbonyl (C=O) groups excluding carboxylic acids is 1. The van der Waals surface area contributed by atoms with E-state index in [1.165, 1.54) is 21.0 Å². The summed E-state index contributed by atoms with van der Waals surface area (Å²) in [5, 5.41) is 3.44. The number of aryl methyl sites for hydroxylation is 1. The highest BCUT2D eigenvalue weighted by molar-refractivity contribution is 7.89. The summed E-state index contributed by atoms with van der Waals surface area (Å²) in [6, 6.07) is 15.3. The van der Waals surface area contributed by atoms with Gasteiger partial charge in [0.25, 0.3) is 5.56 Å². The van der Waals surface area contributed by atoms with Crippen molar-refractivity contribution in [1.82, 2.24) is 8.87 Å². The van der Waals surface area contributed by atoms with Gasteiger partial charge in [0, 0.05) is 24.8 Å². The number of sulfonamides is 1. The number of hydrogen-bond acceptors (Lipinski definition) is 4. The topological polar surface area (TPSA) is 88.5 Å². The van der Waals surface area contributed by atoms with Gasteiger partial charge < -0.3 is 5.32 Å². The standard InChI is InChI=1S/C25H29N3O4S/c1-3-19-5-4-6-21(15-19)26-24(29)17-28-23-9-8-22(16-20(23)7-10-25(28)30)33(31,32)27-13-11-18(2)12-14-27/h4-10,15-16,18H,3,11-14,17H2,1-2H3,(H,26,29). The van der Waals surface area contributed by atoms with Crippen LogP contribution >= 0.6 is 0 Å². The summed E-state index contributed by atoms with van der Waals surface area (Å²) in [5.41, 5.74) is 1.98. The van der Waals surface area contributed by atoms with Gasteiger partial charge in [0.1, 0.15) is 6.54 Å². The molecule has 174 valence electrons. The van der Waals surface area contributed by atoms with E-state index in [0.717, 1.165) is 24.8 Å². The van der Waals surface area contributed by atoms with E-state index in [9.17, 15) is 18.0 Å². The first-order valence-electron chi connectivity index (χ1n) is 11.3. The molecule has 8 heteroatoms. The molecule has 0 bridgehead atoms. The Morgan fingerprint density at radius 1 is 1.06 bits per heavy atom. The van der Waals surface area contributed by atoms with E-state index in [1.807, 2.05) is 25.1 Å². The molecule has 1 aromatic heterocycles. The zero-order valence-corrected chi connectivity index (χ0v) is 19.8. The second-order valence-electron chi connectivity index (χ2n) is 8.67. The summed E-state index contributed by atoms with van der Waals surface area (Å²) in [4.78, 5) is 25.4. The van der Waals surface area contributed by atoms with Gasteiger partial charge in [-0.1, -0.05) is 26.0 Å². The monoisotopic (exact) mass is 467 g/mol. The molecule has 1 fully saturated rings. The highest BCUT2D eigenvalue weighted by Gasteiger charge is 2.28. The van der Waals surface area contributed by atoms with Crippen LogP contribution in [0.4, 0.5) is 5.69 Å². The minimum atomic E-state index is -3.60. The summed E-state index contributed by atoms with van der Waals surface area (Å²) in [7, 11) is -3.60. The second kappa shape index (κ2) is 9.49. The highest BCUT2D eigenvalue weighted by atomic mass is 32.2. The Labute approximate surface area is 194 Å². The Bertz CT molecular complexity index is 1340. The zero-order chi connectivity index (χ0) is 23.6. The van der Waals surface area contributed by atoms with Gasteiger partial charge in [-0.05, 0) is 72.5 Å². The van der Waals surface area contributed by atoms with Crippen LogP contribution in [0.15, 0.2) is 64.3 Å². The van der Waals surface area contributed by atoms with Gasteiger partial charge in [-0.15, -0.1) is 0 Å². The lowest BCUT2D eigenvalue weighted by Crippen LogP contribution is -2.37. The predicted octanol–water partition coefficient (Wildman–Crippen LogP) is 3.62. The summed E-state index contributed by atoms with van der Waals surface area (Å²) in [5.74, 6) is 0.204. The number of nitrogens with one attached hydrogen (secondary N) is 1. The molecule has 1 N–H and O–H groups in total. The molecule has 1 amide bonds. The van der Waals surface area contributed by atoms with Gasteiger partial charge in [-0.2, -0.15) is 4.31 Å². The number of amides is 1. The average Bonchev–Trinajstić information content (AvgIpc) is 2.81. The van der Waals surface area contributed by atoms with Crippen LogP contribution in [-0.4, -0.2) is 36.3 Å². The third-order valence-corrected chi connectivity index (χ3v) is 8.16. The first-order chi connectivity index (χ1) is 15.8. The number of piperidine rings is 1. The molecule has 7 nitrogen and oxygen atoms in total. The Morgan fingerprint density at radius 2 is 1.82 bits per heavy atom. The predicted molar refractivity (Wildman–Crippen MR) is 130 cm³/mol. The van der Waals surface area contributed by atoms with Crippen molar-refractivity contribution in [2.24, 2.45) is 5.92 Å². The number of hydrogen-bond donors (Lipinski definition) is 1. The maximum Gasteiger partial charge on any atom is 0.251 e. The minimum absolute atomic E-state index is 0.164. The van der Waals surface area contributed by atoms with Crippen LogP contribution in [0.3, 0.4) is 0 Å². The van der Waals surface area contributed by atoms with E-state index in [1.54, 1.807) is 24.3 Å². The molecular weight excluding hydrogens is 438 g/mol. The number of carbonyl (C=O) groups is 1. The van der Waals surface area contributed by atoms with Gasteiger partial charge in [0.2, 0.25) is 15.9 Å². The van der Waals surface area contributed by atoms with E-state index in [0.29, 0.717) is 35.6 Å². The fraction of sp³-hybridized carbons (Fsp3) is 0.360. The van der Waals surface area contributed by atoms with E-state index in [2.05, 4.69) is 12.2 Å². The van der Waals surface area contributed by atoms with Crippen molar-refractivity contribution in [2.45, 2.75) is 44.6 Å². The quantitative estimate of drug-likeness (QED) is 0.600. The third kappa shape index (κ3) is 5.02. The van der Waals surface area contributed by atoms with Gasteiger partial charge in [-0.3, -0.25) is 14.2 Å². The fourth-order valence-electron chi connectivity index (χ4n) is 4.19. The lowest BCUT2D eigenvalue weighted by atomic mass is 10.0. The molecule has 2 heterocycles. The molecule has 0 aliphatic carbocycles. The molecule has 0 spiro atoms. The Morgan fingerprint density at radius 3 is 2.55 bits per heavy atom. The number of benzene rings is 2. The second-order valence-corrected chi connectivity index (χ2v) is 10.6. The molecule has 1 aliphatic heterocycles. The Hall–Kier alpha value is -2.97. The van der Waals surface area contributed by atoms with Crippen LogP contribution in [0.5, 0.6) is 0 Å². The molecule has 4 rings (SSSR count). The van der Waals surface area contributed by atoms with E-state index >= 15 is 0 Å². The van der Waals surface area contributed by atoms with Crippen molar-refractivity contribution in [3.8, 4) is 0 Å². The SMILES string of the molecule is CCc1cccc(NC(=O)Cn2c(=O)ccc3cc(S(=O)(=O)N4CCC(C)CC4)ccc32)c1. The largest absolute Gasteiger partial charge is 0.325 e. The highest BCUT2D eigenvalue weighted by Crippen LogP contribution is 2.25. The van der Waals surface area contributed by atoms with Crippen LogP contribution in [-0.2, 0) is 27.8 Å². The third-order valence-electron chi connectivity index (χ3n) is 6.26. The number of aromatic nitrogens is 1. The van der Waals surface area contributed by atoms with Crippen molar-refractivity contribution >= 4 is 32.5 Å². The molecule has 0 atom stereocenters. The summed E-state index contributed by atoms with van der Waals surface area (Å²) in [6.07, 6.45) is 2.56. The van der Waals surface area contributed by atoms with Crippen LogP contribution < -0.4 is 10.9 Å². The maximum absolute atomic E-state index is 13.1. The first kappa shape index (κ1) is 23.2. The molecular formula is C25H29N3O4S. The van der Waals surface area contributed by atoms with E-state index < -0.39 is 10.0 Å². The molecule has 1 aliphatic rings. The number of anilines is 1.